The van der Waals surface area contributed by atoms with Gasteiger partial charge in [0.1, 0.15) is 5.75 Å². The van der Waals surface area contributed by atoms with Crippen molar-refractivity contribution in [1.29, 1.82) is 0 Å². The molecule has 2 aromatic carbocycles. The van der Waals surface area contributed by atoms with E-state index in [1.165, 1.54) is 76.2 Å². The number of benzene rings is 2. The SMILES string of the molecule is Br.CCCCCCCCCCCCCCOc1ccc(NC(=O)Nc2cccc(CN3C=CSC3)c2)cc1. The molecule has 38 heavy (non-hydrogen) atoms. The second-order valence-electron chi connectivity index (χ2n) is 9.87. The first-order chi connectivity index (χ1) is 18.2. The number of nitrogens with one attached hydrogen (secondary N) is 2. The summed E-state index contributed by atoms with van der Waals surface area (Å²) in [5.41, 5.74) is 2.69. The second-order valence-corrected chi connectivity index (χ2v) is 10.7. The maximum absolute atomic E-state index is 12.5. The van der Waals surface area contributed by atoms with Gasteiger partial charge in [-0.2, -0.15) is 0 Å². The van der Waals surface area contributed by atoms with Crippen LogP contribution in [0.25, 0.3) is 0 Å². The summed E-state index contributed by atoms with van der Waals surface area (Å²) < 4.78 is 5.88. The zero-order chi connectivity index (χ0) is 26.0. The third kappa shape index (κ3) is 13.6. The highest BCUT2D eigenvalue weighted by molar-refractivity contribution is 8.93. The smallest absolute Gasteiger partial charge is 0.323 e. The number of carbonyl (C=O) groups is 1. The number of unbranched alkanes of at least 4 members (excludes halogenated alkanes) is 11. The van der Waals surface area contributed by atoms with Gasteiger partial charge in [-0.05, 0) is 53.8 Å². The molecule has 1 heterocycles. The molecule has 0 saturated heterocycles. The van der Waals surface area contributed by atoms with Crippen molar-refractivity contribution in [2.45, 2.75) is 90.5 Å². The number of thioether (sulfide) groups is 1. The van der Waals surface area contributed by atoms with Crippen LogP contribution >= 0.6 is 28.7 Å². The van der Waals surface area contributed by atoms with E-state index in [9.17, 15) is 4.79 Å². The maximum atomic E-state index is 12.5. The molecule has 1 aliphatic rings. The van der Waals surface area contributed by atoms with Gasteiger partial charge in [0.25, 0.3) is 0 Å². The Morgan fingerprint density at radius 1 is 0.842 bits per heavy atom. The molecule has 2 amide bonds. The van der Waals surface area contributed by atoms with E-state index in [0.717, 1.165) is 42.6 Å². The Labute approximate surface area is 244 Å². The molecule has 5 nitrogen and oxygen atoms in total. The number of nitrogens with zero attached hydrogens (tertiary/aromatic N) is 1. The summed E-state index contributed by atoms with van der Waals surface area (Å²) in [5.74, 6) is 1.81. The number of amides is 2. The van der Waals surface area contributed by atoms with Gasteiger partial charge in [-0.1, -0.05) is 89.7 Å². The van der Waals surface area contributed by atoms with Crippen LogP contribution in [0.5, 0.6) is 5.75 Å². The van der Waals surface area contributed by atoms with E-state index in [4.69, 9.17) is 4.74 Å². The normalized spacial score (nSPS) is 12.3. The Hall–Kier alpha value is -2.12. The largest absolute Gasteiger partial charge is 0.494 e. The molecule has 0 atom stereocenters. The molecule has 0 aliphatic carbocycles. The minimum Gasteiger partial charge on any atom is -0.494 e. The van der Waals surface area contributed by atoms with Crippen LogP contribution in [-0.4, -0.2) is 23.4 Å². The molecule has 0 radical (unpaired) electrons. The van der Waals surface area contributed by atoms with Gasteiger partial charge in [0.05, 0.1) is 12.5 Å². The average Bonchev–Trinajstić information content (AvgIpc) is 3.41. The Balaban J connectivity index is 0.00000507. The van der Waals surface area contributed by atoms with Gasteiger partial charge in [0.2, 0.25) is 0 Å². The molecule has 2 aromatic rings. The molecule has 210 valence electrons. The lowest BCUT2D eigenvalue weighted by Crippen LogP contribution is -2.19. The van der Waals surface area contributed by atoms with Crippen LogP contribution in [0.2, 0.25) is 0 Å². The van der Waals surface area contributed by atoms with Gasteiger partial charge in [-0.25, -0.2) is 4.79 Å². The van der Waals surface area contributed by atoms with Gasteiger partial charge in [0.15, 0.2) is 0 Å². The molecule has 3 rings (SSSR count). The van der Waals surface area contributed by atoms with Crippen LogP contribution in [0.1, 0.15) is 89.5 Å². The van der Waals surface area contributed by atoms with E-state index >= 15 is 0 Å². The van der Waals surface area contributed by atoms with Crippen molar-refractivity contribution in [2.75, 3.05) is 23.1 Å². The lowest BCUT2D eigenvalue weighted by atomic mass is 10.1. The predicted molar refractivity (Wildman–Crippen MR) is 170 cm³/mol. The zero-order valence-electron chi connectivity index (χ0n) is 23.0. The van der Waals surface area contributed by atoms with Crippen molar-refractivity contribution in [3.8, 4) is 5.75 Å². The molecule has 7 heteroatoms. The van der Waals surface area contributed by atoms with E-state index in [1.807, 2.05) is 42.5 Å². The molecule has 0 spiro atoms. The third-order valence-corrected chi connectivity index (χ3v) is 7.35. The Morgan fingerprint density at radius 2 is 1.47 bits per heavy atom. The summed E-state index contributed by atoms with van der Waals surface area (Å²) in [6.45, 7) is 3.85. The summed E-state index contributed by atoms with van der Waals surface area (Å²) >= 11 is 1.79. The molecule has 0 saturated carbocycles. The fraction of sp³-hybridized carbons (Fsp3) is 0.516. The number of hydrogen-bond acceptors (Lipinski definition) is 4. The molecular weight excluding hydrogens is 558 g/mol. The Morgan fingerprint density at radius 3 is 2.11 bits per heavy atom. The van der Waals surface area contributed by atoms with Crippen molar-refractivity contribution >= 4 is 46.1 Å². The highest BCUT2D eigenvalue weighted by Gasteiger charge is 2.08. The first-order valence-electron chi connectivity index (χ1n) is 14.1. The molecule has 0 aromatic heterocycles. The van der Waals surface area contributed by atoms with Crippen LogP contribution in [0.3, 0.4) is 0 Å². The van der Waals surface area contributed by atoms with Gasteiger partial charge in [-0.15, -0.1) is 28.7 Å². The highest BCUT2D eigenvalue weighted by atomic mass is 79.9. The number of rotatable bonds is 18. The van der Waals surface area contributed by atoms with Crippen LogP contribution in [0.15, 0.2) is 60.1 Å². The average molecular weight is 605 g/mol. The van der Waals surface area contributed by atoms with Gasteiger partial charge >= 0.3 is 6.03 Å². The van der Waals surface area contributed by atoms with Crippen LogP contribution < -0.4 is 15.4 Å². The summed E-state index contributed by atoms with van der Waals surface area (Å²) in [6.07, 6.45) is 18.2. The first-order valence-corrected chi connectivity index (χ1v) is 15.2. The van der Waals surface area contributed by atoms with Crippen molar-refractivity contribution in [1.82, 2.24) is 4.90 Å². The summed E-state index contributed by atoms with van der Waals surface area (Å²) in [4.78, 5) is 14.7. The van der Waals surface area contributed by atoms with E-state index in [-0.39, 0.29) is 23.0 Å². The minimum atomic E-state index is -0.251. The number of ether oxygens (including phenoxy) is 1. The standard InChI is InChI=1S/C31H45N3O2S.BrH/c1-2-3-4-5-6-7-8-9-10-11-12-13-22-36-30-19-17-28(18-20-30)32-31(35)33-29-16-14-15-27(24-29)25-34-21-23-37-26-34;/h14-21,23-24H,2-13,22,25-26H2,1H3,(H2,32,33,35);1H. The van der Waals surface area contributed by atoms with E-state index < -0.39 is 0 Å². The molecule has 1 aliphatic heterocycles. The predicted octanol–water partition coefficient (Wildman–Crippen LogP) is 9.97. The van der Waals surface area contributed by atoms with Crippen molar-refractivity contribution < 1.29 is 9.53 Å². The highest BCUT2D eigenvalue weighted by Crippen LogP contribution is 2.20. The summed E-state index contributed by atoms with van der Waals surface area (Å²) in [7, 11) is 0. The fourth-order valence-electron chi connectivity index (χ4n) is 4.45. The molecular formula is C31H46BrN3O2S. The van der Waals surface area contributed by atoms with Crippen LogP contribution in [0, 0.1) is 0 Å². The van der Waals surface area contributed by atoms with Gasteiger partial charge in [-0.3, -0.25) is 0 Å². The number of hydrogen-bond donors (Lipinski definition) is 2. The van der Waals surface area contributed by atoms with Crippen molar-refractivity contribution in [3.63, 3.8) is 0 Å². The zero-order valence-corrected chi connectivity index (χ0v) is 25.5. The quantitative estimate of drug-likeness (QED) is 0.166. The second kappa shape index (κ2) is 19.9. The van der Waals surface area contributed by atoms with Crippen molar-refractivity contribution in [2.24, 2.45) is 0 Å². The molecule has 2 N–H and O–H groups in total. The lowest BCUT2D eigenvalue weighted by Gasteiger charge is -2.15. The minimum absolute atomic E-state index is 0. The van der Waals surface area contributed by atoms with Crippen LogP contribution in [-0.2, 0) is 6.54 Å². The Bertz CT molecular complexity index is 939. The number of anilines is 2. The first kappa shape index (κ1) is 32.1. The topological polar surface area (TPSA) is 53.6 Å². The molecule has 0 bridgehead atoms. The van der Waals surface area contributed by atoms with E-state index in [2.05, 4.69) is 40.1 Å². The number of carbonyl (C=O) groups excluding carboxylic acids is 1. The van der Waals surface area contributed by atoms with E-state index in [0.29, 0.717) is 0 Å². The maximum Gasteiger partial charge on any atom is 0.323 e. The van der Waals surface area contributed by atoms with Crippen molar-refractivity contribution in [3.05, 3.63) is 65.7 Å². The lowest BCUT2D eigenvalue weighted by molar-refractivity contribution is 0.262. The summed E-state index contributed by atoms with van der Waals surface area (Å²) in [6, 6.07) is 15.3. The summed E-state index contributed by atoms with van der Waals surface area (Å²) in [5, 5.41) is 7.93. The van der Waals surface area contributed by atoms with Crippen LogP contribution in [0.4, 0.5) is 16.2 Å². The monoisotopic (exact) mass is 603 g/mol. The molecule has 0 fully saturated rings. The molecule has 0 unspecified atom stereocenters. The van der Waals surface area contributed by atoms with E-state index in [1.54, 1.807) is 11.8 Å². The number of halogens is 1. The fourth-order valence-corrected chi connectivity index (χ4v) is 5.17. The van der Waals surface area contributed by atoms with Gasteiger partial charge in [0, 0.05) is 24.1 Å². The Kier molecular flexibility index (Phi) is 16.8. The number of urea groups is 1. The third-order valence-electron chi connectivity index (χ3n) is 6.56. The van der Waals surface area contributed by atoms with Gasteiger partial charge < -0.3 is 20.3 Å².